The van der Waals surface area contributed by atoms with Gasteiger partial charge in [-0.25, -0.2) is 9.37 Å². The first-order valence-electron chi connectivity index (χ1n) is 10.2. The van der Waals surface area contributed by atoms with Gasteiger partial charge in [0.1, 0.15) is 5.82 Å². The van der Waals surface area contributed by atoms with Gasteiger partial charge in [0, 0.05) is 27.4 Å². The van der Waals surface area contributed by atoms with Gasteiger partial charge in [-0.2, -0.15) is 0 Å². The van der Waals surface area contributed by atoms with E-state index in [9.17, 15) is 14.0 Å². The largest absolute Gasteiger partial charge is 0.319 e. The van der Waals surface area contributed by atoms with Crippen LogP contribution in [0.5, 0.6) is 0 Å². The van der Waals surface area contributed by atoms with Gasteiger partial charge in [0.25, 0.3) is 5.91 Å². The summed E-state index contributed by atoms with van der Waals surface area (Å²) in [5, 5.41) is 3.33. The average molecular weight is 491 g/mol. The number of carbonyl (C=O) groups excluding carboxylic acids is 2. The van der Waals surface area contributed by atoms with Crippen molar-refractivity contribution in [3.8, 4) is 11.3 Å². The molecular formula is C26H20BrFN2O2. The van der Waals surface area contributed by atoms with Crippen LogP contribution in [-0.2, 0) is 0 Å². The monoisotopic (exact) mass is 490 g/mol. The number of benzene rings is 3. The van der Waals surface area contributed by atoms with Crippen LogP contribution >= 0.6 is 15.9 Å². The van der Waals surface area contributed by atoms with Gasteiger partial charge in [-0.3, -0.25) is 9.59 Å². The van der Waals surface area contributed by atoms with Crippen LogP contribution in [0.4, 0.5) is 10.1 Å². The second-order valence-electron chi connectivity index (χ2n) is 7.41. The molecule has 3 aromatic carbocycles. The maximum absolute atomic E-state index is 14.7. The minimum Gasteiger partial charge on any atom is -0.319 e. The highest BCUT2D eigenvalue weighted by atomic mass is 79.9. The number of rotatable bonds is 5. The van der Waals surface area contributed by atoms with Gasteiger partial charge in [-0.15, -0.1) is 0 Å². The number of carbonyl (C=O) groups is 2. The highest BCUT2D eigenvalue weighted by Crippen LogP contribution is 2.32. The third-order valence-corrected chi connectivity index (χ3v) is 5.82. The van der Waals surface area contributed by atoms with Gasteiger partial charge in [0.2, 0.25) is 0 Å². The number of halogens is 2. The van der Waals surface area contributed by atoms with Crippen LogP contribution in [0.2, 0.25) is 0 Å². The Morgan fingerprint density at radius 3 is 2.47 bits per heavy atom. The van der Waals surface area contributed by atoms with E-state index < -0.39 is 11.7 Å². The first-order chi connectivity index (χ1) is 15.4. The fourth-order valence-corrected chi connectivity index (χ4v) is 4.04. The number of ketones is 1. The lowest BCUT2D eigenvalue weighted by Crippen LogP contribution is -2.16. The summed E-state index contributed by atoms with van der Waals surface area (Å²) in [7, 11) is 0. The fraction of sp³-hybridized carbons (Fsp3) is 0.115. The molecule has 0 bridgehead atoms. The minimum atomic E-state index is -0.655. The third-order valence-electron chi connectivity index (χ3n) is 5.33. The van der Waals surface area contributed by atoms with Crippen molar-refractivity contribution in [3.05, 3.63) is 93.7 Å². The zero-order valence-corrected chi connectivity index (χ0v) is 19.2. The Labute approximate surface area is 193 Å². The number of Topliss-reactive ketones (excluding diaryl/α,β-unsaturated/α-hetero) is 1. The molecule has 0 radical (unpaired) electrons. The number of nitrogens with one attached hydrogen (secondary N) is 1. The molecule has 0 aliphatic carbocycles. The van der Waals surface area contributed by atoms with Crippen LogP contribution in [0, 0.1) is 12.7 Å². The third kappa shape index (κ3) is 4.18. The molecular weight excluding hydrogens is 471 g/mol. The van der Waals surface area contributed by atoms with Crippen molar-refractivity contribution < 1.29 is 14.0 Å². The van der Waals surface area contributed by atoms with E-state index in [1.807, 2.05) is 55.5 Å². The Hall–Kier alpha value is -3.38. The first-order valence-corrected chi connectivity index (χ1v) is 11.0. The summed E-state index contributed by atoms with van der Waals surface area (Å²) in [6.07, 6.45) is 0.282. The molecule has 32 heavy (non-hydrogen) atoms. The van der Waals surface area contributed by atoms with E-state index in [4.69, 9.17) is 4.98 Å². The molecule has 6 heteroatoms. The summed E-state index contributed by atoms with van der Waals surface area (Å²) in [5.74, 6) is -1.26. The van der Waals surface area contributed by atoms with Gasteiger partial charge < -0.3 is 5.32 Å². The number of anilines is 1. The van der Waals surface area contributed by atoms with Crippen molar-refractivity contribution in [2.45, 2.75) is 20.3 Å². The van der Waals surface area contributed by atoms with Crippen molar-refractivity contribution in [3.63, 3.8) is 0 Å². The molecule has 4 aromatic rings. The number of pyridine rings is 1. The molecule has 4 nitrogen and oxygen atoms in total. The summed E-state index contributed by atoms with van der Waals surface area (Å²) in [6, 6.07) is 19.3. The van der Waals surface area contributed by atoms with Crippen molar-refractivity contribution in [1.82, 2.24) is 4.98 Å². The summed E-state index contributed by atoms with van der Waals surface area (Å²) in [4.78, 5) is 30.0. The Morgan fingerprint density at radius 2 is 1.78 bits per heavy atom. The maximum atomic E-state index is 14.7. The second kappa shape index (κ2) is 9.01. The van der Waals surface area contributed by atoms with Gasteiger partial charge in [-0.05, 0) is 48.9 Å². The molecule has 0 spiro atoms. The van der Waals surface area contributed by atoms with E-state index in [1.165, 1.54) is 12.1 Å². The van der Waals surface area contributed by atoms with Crippen LogP contribution < -0.4 is 5.32 Å². The smallest absolute Gasteiger partial charge is 0.256 e. The zero-order chi connectivity index (χ0) is 22.8. The van der Waals surface area contributed by atoms with Gasteiger partial charge in [0.05, 0.1) is 22.5 Å². The molecule has 160 valence electrons. The number of nitrogens with zero attached hydrogens (tertiary/aromatic N) is 1. The quantitative estimate of drug-likeness (QED) is 0.307. The summed E-state index contributed by atoms with van der Waals surface area (Å²) in [6.45, 7) is 3.56. The molecule has 0 fully saturated rings. The highest BCUT2D eigenvalue weighted by molar-refractivity contribution is 9.10. The van der Waals surface area contributed by atoms with Crippen molar-refractivity contribution >= 4 is 44.2 Å². The average Bonchev–Trinajstić information content (AvgIpc) is 2.80. The lowest BCUT2D eigenvalue weighted by molar-refractivity contribution is 0.0986. The standard InChI is InChI=1S/C26H20BrFN2O2/c1-3-23(31)17-9-11-22(20(28)13-17)30-26(32)24-15(2)25(16-7-5-4-6-8-16)29-21-12-10-18(27)14-19(21)24/h4-14H,3H2,1-2H3,(H,30,32). The normalized spacial score (nSPS) is 10.9. The van der Waals surface area contributed by atoms with Gasteiger partial charge in [-0.1, -0.05) is 53.2 Å². The van der Waals surface area contributed by atoms with Crippen molar-refractivity contribution in [2.24, 2.45) is 0 Å². The number of hydrogen-bond donors (Lipinski definition) is 1. The van der Waals surface area contributed by atoms with E-state index in [2.05, 4.69) is 21.2 Å². The lowest BCUT2D eigenvalue weighted by atomic mass is 9.97. The van der Waals surface area contributed by atoms with Crippen LogP contribution in [0.15, 0.2) is 71.2 Å². The second-order valence-corrected chi connectivity index (χ2v) is 8.33. The summed E-state index contributed by atoms with van der Waals surface area (Å²) < 4.78 is 15.5. The Balaban J connectivity index is 1.82. The molecule has 1 heterocycles. The van der Waals surface area contributed by atoms with Crippen LogP contribution in [-0.4, -0.2) is 16.7 Å². The van der Waals surface area contributed by atoms with Gasteiger partial charge in [0.15, 0.2) is 5.78 Å². The molecule has 0 saturated heterocycles. The van der Waals surface area contributed by atoms with E-state index in [1.54, 1.807) is 6.92 Å². The van der Waals surface area contributed by atoms with Crippen LogP contribution in [0.25, 0.3) is 22.2 Å². The molecule has 1 N–H and O–H groups in total. The lowest BCUT2D eigenvalue weighted by Gasteiger charge is -2.15. The topological polar surface area (TPSA) is 59.1 Å². The zero-order valence-electron chi connectivity index (χ0n) is 17.6. The molecule has 0 atom stereocenters. The number of fused-ring (bicyclic) bond motifs is 1. The Bertz CT molecular complexity index is 1350. The molecule has 1 amide bonds. The van der Waals surface area contributed by atoms with Gasteiger partial charge >= 0.3 is 0 Å². The number of hydrogen-bond acceptors (Lipinski definition) is 3. The van der Waals surface area contributed by atoms with Crippen LogP contribution in [0.1, 0.15) is 39.6 Å². The predicted molar refractivity (Wildman–Crippen MR) is 129 cm³/mol. The predicted octanol–water partition coefficient (Wildman–Crippen LogP) is 6.96. The number of aromatic nitrogens is 1. The van der Waals surface area contributed by atoms with Crippen LogP contribution in [0.3, 0.4) is 0 Å². The summed E-state index contributed by atoms with van der Waals surface area (Å²) in [5.41, 5.74) is 3.65. The molecule has 0 unspecified atom stereocenters. The molecule has 0 aliphatic heterocycles. The SMILES string of the molecule is CCC(=O)c1ccc(NC(=O)c2c(C)c(-c3ccccc3)nc3ccc(Br)cc23)c(F)c1. The minimum absolute atomic E-state index is 0.0169. The van der Waals surface area contributed by atoms with Crippen molar-refractivity contribution in [1.29, 1.82) is 0 Å². The maximum Gasteiger partial charge on any atom is 0.256 e. The first kappa shape index (κ1) is 21.8. The summed E-state index contributed by atoms with van der Waals surface area (Å²) >= 11 is 3.46. The molecule has 0 aliphatic rings. The number of amides is 1. The molecule has 1 aromatic heterocycles. The van der Waals surface area contributed by atoms with E-state index in [0.29, 0.717) is 27.7 Å². The molecule has 0 saturated carbocycles. The molecule has 4 rings (SSSR count). The van der Waals surface area contributed by atoms with E-state index in [-0.39, 0.29) is 23.5 Å². The van der Waals surface area contributed by atoms with E-state index in [0.717, 1.165) is 16.1 Å². The Morgan fingerprint density at radius 1 is 1.03 bits per heavy atom. The fourth-order valence-electron chi connectivity index (χ4n) is 3.68. The van der Waals surface area contributed by atoms with E-state index >= 15 is 0 Å². The van der Waals surface area contributed by atoms with Crippen molar-refractivity contribution in [2.75, 3.05) is 5.32 Å². The Kier molecular flexibility index (Phi) is 6.15. The highest BCUT2D eigenvalue weighted by Gasteiger charge is 2.20.